The van der Waals surface area contributed by atoms with Crippen molar-refractivity contribution in [3.8, 4) is 0 Å². The van der Waals surface area contributed by atoms with Crippen LogP contribution in [0.25, 0.3) is 11.0 Å². The summed E-state index contributed by atoms with van der Waals surface area (Å²) in [5.74, 6) is 0. The highest BCUT2D eigenvalue weighted by molar-refractivity contribution is 9.13. The maximum atomic E-state index is 4.25. The average Bonchev–Trinajstić information content (AvgIpc) is 2.36. The van der Waals surface area contributed by atoms with Crippen molar-refractivity contribution in [1.29, 1.82) is 0 Å². The fourth-order valence-corrected chi connectivity index (χ4v) is 1.56. The Labute approximate surface area is 80.3 Å². The standard InChI is InChI=1S/C7H4Br2N2/c8-5-3-4-1-2-10-7(4)11-6(5)9/h1-3H,(H,10,11). The van der Waals surface area contributed by atoms with Gasteiger partial charge in [-0.2, -0.15) is 0 Å². The zero-order valence-electron chi connectivity index (χ0n) is 5.44. The lowest BCUT2D eigenvalue weighted by molar-refractivity contribution is 1.27. The van der Waals surface area contributed by atoms with Crippen LogP contribution in [0.1, 0.15) is 0 Å². The number of pyridine rings is 1. The zero-order chi connectivity index (χ0) is 7.84. The summed E-state index contributed by atoms with van der Waals surface area (Å²) < 4.78 is 1.80. The van der Waals surface area contributed by atoms with Gasteiger partial charge in [-0.3, -0.25) is 0 Å². The second-order valence-electron chi connectivity index (χ2n) is 2.18. The molecule has 11 heavy (non-hydrogen) atoms. The number of aromatic amines is 1. The topological polar surface area (TPSA) is 28.7 Å². The lowest BCUT2D eigenvalue weighted by Gasteiger charge is -1.93. The number of hydrogen-bond acceptors (Lipinski definition) is 1. The molecular weight excluding hydrogens is 272 g/mol. The van der Waals surface area contributed by atoms with Crippen LogP contribution in [0.5, 0.6) is 0 Å². The van der Waals surface area contributed by atoms with Crippen LogP contribution in [-0.4, -0.2) is 9.97 Å². The minimum Gasteiger partial charge on any atom is -0.346 e. The van der Waals surface area contributed by atoms with Crippen LogP contribution in [0.3, 0.4) is 0 Å². The maximum absolute atomic E-state index is 4.25. The minimum atomic E-state index is 0.826. The number of rotatable bonds is 0. The fraction of sp³-hybridized carbons (Fsp3) is 0. The molecule has 2 aromatic heterocycles. The summed E-state index contributed by atoms with van der Waals surface area (Å²) in [6, 6.07) is 4.00. The van der Waals surface area contributed by atoms with Crippen LogP contribution in [0.4, 0.5) is 0 Å². The van der Waals surface area contributed by atoms with Crippen molar-refractivity contribution in [3.05, 3.63) is 27.4 Å². The Kier molecular flexibility index (Phi) is 1.73. The Morgan fingerprint density at radius 3 is 3.00 bits per heavy atom. The van der Waals surface area contributed by atoms with E-state index in [0.717, 1.165) is 20.1 Å². The second-order valence-corrected chi connectivity index (χ2v) is 3.78. The molecule has 0 aliphatic carbocycles. The van der Waals surface area contributed by atoms with E-state index in [4.69, 9.17) is 0 Å². The molecule has 0 radical (unpaired) electrons. The smallest absolute Gasteiger partial charge is 0.138 e. The molecule has 1 N–H and O–H groups in total. The highest BCUT2D eigenvalue weighted by atomic mass is 79.9. The molecule has 0 amide bonds. The van der Waals surface area contributed by atoms with Crippen LogP contribution in [-0.2, 0) is 0 Å². The Morgan fingerprint density at radius 1 is 1.36 bits per heavy atom. The summed E-state index contributed by atoms with van der Waals surface area (Å²) in [5, 5.41) is 1.11. The average molecular weight is 276 g/mol. The molecule has 0 fully saturated rings. The van der Waals surface area contributed by atoms with Gasteiger partial charge in [0.2, 0.25) is 0 Å². The van der Waals surface area contributed by atoms with Crippen LogP contribution in [0.2, 0.25) is 0 Å². The van der Waals surface area contributed by atoms with Gasteiger partial charge in [-0.15, -0.1) is 0 Å². The number of halogens is 2. The molecule has 0 atom stereocenters. The van der Waals surface area contributed by atoms with Crippen molar-refractivity contribution in [1.82, 2.24) is 9.97 Å². The third-order valence-electron chi connectivity index (χ3n) is 1.45. The van der Waals surface area contributed by atoms with Gasteiger partial charge >= 0.3 is 0 Å². The number of H-pyrrole nitrogens is 1. The molecule has 0 aliphatic rings. The van der Waals surface area contributed by atoms with Gasteiger partial charge in [-0.25, -0.2) is 4.98 Å². The van der Waals surface area contributed by atoms with Gasteiger partial charge in [0.15, 0.2) is 0 Å². The van der Waals surface area contributed by atoms with Gasteiger partial charge < -0.3 is 4.98 Å². The van der Waals surface area contributed by atoms with Crippen molar-refractivity contribution in [2.45, 2.75) is 0 Å². The fourth-order valence-electron chi connectivity index (χ4n) is 0.934. The second kappa shape index (κ2) is 2.60. The number of hydrogen-bond donors (Lipinski definition) is 1. The normalized spacial score (nSPS) is 10.7. The molecule has 0 saturated carbocycles. The number of nitrogens with one attached hydrogen (secondary N) is 1. The lowest BCUT2D eigenvalue weighted by atomic mass is 10.3. The van der Waals surface area contributed by atoms with Crippen LogP contribution in [0, 0.1) is 0 Å². The quantitative estimate of drug-likeness (QED) is 0.736. The number of nitrogens with zero attached hydrogens (tertiary/aromatic N) is 1. The molecule has 2 aromatic rings. The molecule has 2 nitrogen and oxygen atoms in total. The predicted molar refractivity (Wildman–Crippen MR) is 51.5 cm³/mol. The van der Waals surface area contributed by atoms with E-state index in [1.807, 2.05) is 18.3 Å². The van der Waals surface area contributed by atoms with Crippen molar-refractivity contribution < 1.29 is 0 Å². The molecular formula is C7H4Br2N2. The van der Waals surface area contributed by atoms with Gasteiger partial charge in [0.1, 0.15) is 10.3 Å². The van der Waals surface area contributed by atoms with Gasteiger partial charge in [-0.05, 0) is 44.0 Å². The number of fused-ring (bicyclic) bond motifs is 1. The van der Waals surface area contributed by atoms with E-state index in [9.17, 15) is 0 Å². The van der Waals surface area contributed by atoms with Crippen LogP contribution in [0.15, 0.2) is 27.4 Å². The first kappa shape index (κ1) is 7.31. The summed E-state index contributed by atoms with van der Waals surface area (Å²) in [7, 11) is 0. The SMILES string of the molecule is Brc1cc2cc[nH]c2nc1Br. The monoisotopic (exact) mass is 274 g/mol. The molecule has 0 bridgehead atoms. The largest absolute Gasteiger partial charge is 0.346 e. The van der Waals surface area contributed by atoms with E-state index >= 15 is 0 Å². The Morgan fingerprint density at radius 2 is 2.18 bits per heavy atom. The van der Waals surface area contributed by atoms with E-state index in [1.165, 1.54) is 0 Å². The highest BCUT2D eigenvalue weighted by Gasteiger charge is 2.00. The van der Waals surface area contributed by atoms with Crippen molar-refractivity contribution >= 4 is 42.9 Å². The molecule has 4 heteroatoms. The molecule has 0 unspecified atom stereocenters. The Balaban J connectivity index is 2.86. The van der Waals surface area contributed by atoms with E-state index in [-0.39, 0.29) is 0 Å². The van der Waals surface area contributed by atoms with Gasteiger partial charge in [0.05, 0.1) is 4.47 Å². The van der Waals surface area contributed by atoms with Crippen molar-refractivity contribution in [2.24, 2.45) is 0 Å². The Bertz CT molecular complexity index is 358. The third kappa shape index (κ3) is 1.20. The van der Waals surface area contributed by atoms with E-state index in [1.54, 1.807) is 0 Å². The molecule has 0 saturated heterocycles. The van der Waals surface area contributed by atoms with Gasteiger partial charge in [0.25, 0.3) is 0 Å². The predicted octanol–water partition coefficient (Wildman–Crippen LogP) is 3.09. The van der Waals surface area contributed by atoms with E-state index in [2.05, 4.69) is 41.8 Å². The minimum absolute atomic E-state index is 0.826. The summed E-state index contributed by atoms with van der Waals surface area (Å²) in [5.41, 5.74) is 0.903. The summed E-state index contributed by atoms with van der Waals surface area (Å²) in [4.78, 5) is 7.28. The zero-order valence-corrected chi connectivity index (χ0v) is 8.61. The summed E-state index contributed by atoms with van der Waals surface area (Å²) >= 11 is 6.70. The summed E-state index contributed by atoms with van der Waals surface area (Å²) in [6.07, 6.45) is 1.87. The lowest BCUT2D eigenvalue weighted by Crippen LogP contribution is -1.78. The first-order valence-corrected chi connectivity index (χ1v) is 4.65. The summed E-state index contributed by atoms with van der Waals surface area (Å²) in [6.45, 7) is 0. The Hall–Kier alpha value is -0.350. The first-order valence-electron chi connectivity index (χ1n) is 3.06. The first-order chi connectivity index (χ1) is 5.27. The van der Waals surface area contributed by atoms with E-state index < -0.39 is 0 Å². The molecule has 0 spiro atoms. The van der Waals surface area contributed by atoms with Crippen LogP contribution >= 0.6 is 31.9 Å². The molecule has 56 valence electrons. The van der Waals surface area contributed by atoms with Crippen molar-refractivity contribution in [2.75, 3.05) is 0 Å². The highest BCUT2D eigenvalue weighted by Crippen LogP contribution is 2.24. The molecule has 0 aliphatic heterocycles. The van der Waals surface area contributed by atoms with Gasteiger partial charge in [0, 0.05) is 11.6 Å². The van der Waals surface area contributed by atoms with Crippen LogP contribution < -0.4 is 0 Å². The number of aromatic nitrogens is 2. The van der Waals surface area contributed by atoms with Crippen molar-refractivity contribution in [3.63, 3.8) is 0 Å². The van der Waals surface area contributed by atoms with Gasteiger partial charge in [-0.1, -0.05) is 0 Å². The molecule has 0 aromatic carbocycles. The molecule has 2 rings (SSSR count). The molecule has 2 heterocycles. The van der Waals surface area contributed by atoms with E-state index in [0.29, 0.717) is 0 Å². The maximum Gasteiger partial charge on any atom is 0.138 e. The third-order valence-corrected chi connectivity index (χ3v) is 3.19.